The van der Waals surface area contributed by atoms with Crippen molar-refractivity contribution in [3.8, 4) is 0 Å². The average molecular weight is 200 g/mol. The number of nitrogens with one attached hydrogen (secondary N) is 1. The Labute approximate surface area is 88.4 Å². The van der Waals surface area contributed by atoms with Crippen molar-refractivity contribution >= 4 is 5.69 Å². The Balaban J connectivity index is 1.96. The largest absolute Gasteiger partial charge is 0.378 e. The molecule has 2 heterocycles. The van der Waals surface area contributed by atoms with Crippen LogP contribution in [0.25, 0.3) is 0 Å². The van der Waals surface area contributed by atoms with Gasteiger partial charge in [0.05, 0.1) is 24.1 Å². The van der Waals surface area contributed by atoms with Gasteiger partial charge in [-0.05, 0) is 25.1 Å². The lowest BCUT2D eigenvalue weighted by Gasteiger charge is -2.04. The zero-order chi connectivity index (χ0) is 10.5. The summed E-state index contributed by atoms with van der Waals surface area (Å²) in [6.07, 6.45) is 5.10. The molecular formula is C11H12N4. The maximum Gasteiger partial charge on any atom is 0.115 e. The first kappa shape index (κ1) is 9.58. The Morgan fingerprint density at radius 3 is 2.80 bits per heavy atom. The molecule has 0 amide bonds. The molecule has 0 spiro atoms. The van der Waals surface area contributed by atoms with Crippen LogP contribution in [0.4, 0.5) is 5.69 Å². The lowest BCUT2D eigenvalue weighted by atomic mass is 10.3. The molecule has 1 N–H and O–H groups in total. The number of anilines is 1. The Morgan fingerprint density at radius 2 is 2.13 bits per heavy atom. The van der Waals surface area contributed by atoms with Gasteiger partial charge >= 0.3 is 0 Å². The van der Waals surface area contributed by atoms with E-state index in [0.717, 1.165) is 17.1 Å². The molecule has 0 unspecified atom stereocenters. The Kier molecular flexibility index (Phi) is 2.88. The molecule has 0 fully saturated rings. The van der Waals surface area contributed by atoms with Gasteiger partial charge in [0.25, 0.3) is 0 Å². The van der Waals surface area contributed by atoms with E-state index in [1.807, 2.05) is 31.3 Å². The Morgan fingerprint density at radius 1 is 1.20 bits per heavy atom. The highest BCUT2D eigenvalue weighted by Gasteiger charge is 1.94. The van der Waals surface area contributed by atoms with Crippen LogP contribution in [0.2, 0.25) is 0 Å². The van der Waals surface area contributed by atoms with Gasteiger partial charge in [0.2, 0.25) is 0 Å². The molecule has 0 aliphatic carbocycles. The normalized spacial score (nSPS) is 9.93. The van der Waals surface area contributed by atoms with E-state index in [0.29, 0.717) is 6.54 Å². The van der Waals surface area contributed by atoms with Crippen LogP contribution in [0.3, 0.4) is 0 Å². The van der Waals surface area contributed by atoms with Crippen LogP contribution >= 0.6 is 0 Å². The first-order valence-corrected chi connectivity index (χ1v) is 4.76. The average Bonchev–Trinajstić information content (AvgIpc) is 2.30. The quantitative estimate of drug-likeness (QED) is 0.820. The van der Waals surface area contributed by atoms with Gasteiger partial charge in [0.15, 0.2) is 0 Å². The van der Waals surface area contributed by atoms with Gasteiger partial charge in [0, 0.05) is 11.9 Å². The molecule has 4 heteroatoms. The predicted octanol–water partition coefficient (Wildman–Crippen LogP) is 1.79. The first-order chi connectivity index (χ1) is 7.34. The molecule has 0 radical (unpaired) electrons. The minimum atomic E-state index is 0.688. The highest BCUT2D eigenvalue weighted by molar-refractivity contribution is 5.40. The molecule has 0 aromatic carbocycles. The fourth-order valence-corrected chi connectivity index (χ4v) is 1.19. The molecule has 2 aromatic heterocycles. The van der Waals surface area contributed by atoms with Gasteiger partial charge in [-0.25, -0.2) is 9.97 Å². The number of hydrogen-bond acceptors (Lipinski definition) is 4. The third-order valence-corrected chi connectivity index (χ3v) is 2.03. The minimum absolute atomic E-state index is 0.688. The highest BCUT2D eigenvalue weighted by atomic mass is 14.9. The van der Waals surface area contributed by atoms with E-state index in [9.17, 15) is 0 Å². The van der Waals surface area contributed by atoms with Crippen molar-refractivity contribution < 1.29 is 0 Å². The number of hydrogen-bond donors (Lipinski definition) is 1. The summed E-state index contributed by atoms with van der Waals surface area (Å²) in [6.45, 7) is 2.65. The van der Waals surface area contributed by atoms with Crippen LogP contribution in [0, 0.1) is 6.92 Å². The van der Waals surface area contributed by atoms with Crippen molar-refractivity contribution in [1.29, 1.82) is 0 Å². The van der Waals surface area contributed by atoms with E-state index in [2.05, 4.69) is 20.3 Å². The van der Waals surface area contributed by atoms with Crippen LogP contribution in [0.1, 0.15) is 11.4 Å². The molecule has 4 nitrogen and oxygen atoms in total. The SMILES string of the molecule is Cc1ccc(NCc2ccncn2)cn1. The molecule has 2 aromatic rings. The predicted molar refractivity (Wildman–Crippen MR) is 58.3 cm³/mol. The van der Waals surface area contributed by atoms with Gasteiger partial charge in [-0.2, -0.15) is 0 Å². The van der Waals surface area contributed by atoms with Crippen LogP contribution in [0.15, 0.2) is 36.9 Å². The number of nitrogens with zero attached hydrogens (tertiary/aromatic N) is 3. The minimum Gasteiger partial charge on any atom is -0.378 e. The molecule has 76 valence electrons. The maximum atomic E-state index is 4.20. The van der Waals surface area contributed by atoms with E-state index < -0.39 is 0 Å². The molecule has 0 aliphatic rings. The zero-order valence-electron chi connectivity index (χ0n) is 8.51. The van der Waals surface area contributed by atoms with Gasteiger partial charge in [-0.3, -0.25) is 4.98 Å². The second-order valence-corrected chi connectivity index (χ2v) is 3.24. The summed E-state index contributed by atoms with van der Waals surface area (Å²) in [6, 6.07) is 5.86. The third-order valence-electron chi connectivity index (χ3n) is 2.03. The van der Waals surface area contributed by atoms with Gasteiger partial charge in [-0.15, -0.1) is 0 Å². The Hall–Kier alpha value is -1.97. The van der Waals surface area contributed by atoms with Crippen LogP contribution in [-0.2, 0) is 6.54 Å². The van der Waals surface area contributed by atoms with Crippen molar-refractivity contribution in [1.82, 2.24) is 15.0 Å². The molecule has 0 aliphatic heterocycles. The van der Waals surface area contributed by atoms with Gasteiger partial charge < -0.3 is 5.32 Å². The molecule has 0 bridgehead atoms. The van der Waals surface area contributed by atoms with E-state index in [1.54, 1.807) is 12.5 Å². The van der Waals surface area contributed by atoms with Crippen molar-refractivity contribution in [2.45, 2.75) is 13.5 Å². The lowest BCUT2D eigenvalue weighted by molar-refractivity contribution is 1.00. The molecular weight excluding hydrogens is 188 g/mol. The Bertz CT molecular complexity index is 410. The second-order valence-electron chi connectivity index (χ2n) is 3.24. The van der Waals surface area contributed by atoms with Crippen LogP contribution in [-0.4, -0.2) is 15.0 Å². The summed E-state index contributed by atoms with van der Waals surface area (Å²) >= 11 is 0. The zero-order valence-corrected chi connectivity index (χ0v) is 8.51. The summed E-state index contributed by atoms with van der Waals surface area (Å²) in [5.74, 6) is 0. The fraction of sp³-hybridized carbons (Fsp3) is 0.182. The van der Waals surface area contributed by atoms with E-state index in [-0.39, 0.29) is 0 Å². The van der Waals surface area contributed by atoms with Crippen molar-refractivity contribution in [3.63, 3.8) is 0 Å². The number of pyridine rings is 1. The summed E-state index contributed by atoms with van der Waals surface area (Å²) in [5, 5.41) is 3.24. The van der Waals surface area contributed by atoms with Crippen LogP contribution in [0.5, 0.6) is 0 Å². The lowest BCUT2D eigenvalue weighted by Crippen LogP contribution is -2.01. The molecule has 2 rings (SSSR count). The molecule has 0 saturated carbocycles. The molecule has 15 heavy (non-hydrogen) atoms. The fourth-order valence-electron chi connectivity index (χ4n) is 1.19. The first-order valence-electron chi connectivity index (χ1n) is 4.76. The van der Waals surface area contributed by atoms with E-state index in [1.165, 1.54) is 0 Å². The smallest absolute Gasteiger partial charge is 0.115 e. The molecule has 0 saturated heterocycles. The second kappa shape index (κ2) is 4.50. The summed E-state index contributed by atoms with van der Waals surface area (Å²) in [5.41, 5.74) is 2.98. The highest BCUT2D eigenvalue weighted by Crippen LogP contribution is 2.06. The standard InChI is InChI=1S/C11H12N4/c1-9-2-3-10(6-13-9)14-7-11-4-5-12-8-15-11/h2-6,8,14H,7H2,1H3. The number of aromatic nitrogens is 3. The van der Waals surface area contributed by atoms with Crippen molar-refractivity contribution in [2.24, 2.45) is 0 Å². The summed E-state index contributed by atoms with van der Waals surface area (Å²) in [4.78, 5) is 12.2. The van der Waals surface area contributed by atoms with Crippen molar-refractivity contribution in [3.05, 3.63) is 48.3 Å². The van der Waals surface area contributed by atoms with Crippen LogP contribution < -0.4 is 5.32 Å². The van der Waals surface area contributed by atoms with Gasteiger partial charge in [-0.1, -0.05) is 0 Å². The summed E-state index contributed by atoms with van der Waals surface area (Å²) < 4.78 is 0. The van der Waals surface area contributed by atoms with Crippen molar-refractivity contribution in [2.75, 3.05) is 5.32 Å². The third kappa shape index (κ3) is 2.74. The molecule has 0 atom stereocenters. The number of rotatable bonds is 3. The van der Waals surface area contributed by atoms with E-state index >= 15 is 0 Å². The topological polar surface area (TPSA) is 50.7 Å². The summed E-state index contributed by atoms with van der Waals surface area (Å²) in [7, 11) is 0. The maximum absolute atomic E-state index is 4.20. The van der Waals surface area contributed by atoms with Gasteiger partial charge in [0.1, 0.15) is 6.33 Å². The number of aryl methyl sites for hydroxylation is 1. The van der Waals surface area contributed by atoms with E-state index in [4.69, 9.17) is 0 Å². The monoisotopic (exact) mass is 200 g/mol.